The van der Waals surface area contributed by atoms with E-state index in [4.69, 9.17) is 0 Å². The van der Waals surface area contributed by atoms with Gasteiger partial charge in [0.15, 0.2) is 0 Å². The minimum Gasteiger partial charge on any atom is -0.298 e. The Labute approximate surface area is 268 Å². The van der Waals surface area contributed by atoms with E-state index in [2.05, 4.69) is 151 Å². The molecule has 0 spiro atoms. The number of nitrogens with zero attached hydrogens (tertiary/aromatic N) is 4. The third kappa shape index (κ3) is 25.2. The summed E-state index contributed by atoms with van der Waals surface area (Å²) in [5, 5.41) is 0. The summed E-state index contributed by atoms with van der Waals surface area (Å²) in [6.07, 6.45) is 7.04. The molecule has 0 atom stereocenters. The van der Waals surface area contributed by atoms with Crippen LogP contribution in [0.4, 0.5) is 0 Å². The molecule has 0 unspecified atom stereocenters. The molecule has 0 N–H and O–H groups in total. The van der Waals surface area contributed by atoms with Gasteiger partial charge in [0.05, 0.1) is 0 Å². The van der Waals surface area contributed by atoms with Gasteiger partial charge in [0.1, 0.15) is 0 Å². The number of piperidine rings is 1. The summed E-state index contributed by atoms with van der Waals surface area (Å²) in [6, 6.07) is 0. The van der Waals surface area contributed by atoms with E-state index >= 15 is 0 Å². The van der Waals surface area contributed by atoms with Crippen molar-refractivity contribution in [3.63, 3.8) is 0 Å². The van der Waals surface area contributed by atoms with Gasteiger partial charge in [-0.15, -0.1) is 0 Å². The zero-order valence-electron chi connectivity index (χ0n) is 33.1. The highest BCUT2D eigenvalue weighted by molar-refractivity contribution is 4.86. The second-order valence-electron chi connectivity index (χ2n) is 19.1. The largest absolute Gasteiger partial charge is 0.298 e. The van der Waals surface area contributed by atoms with E-state index in [-0.39, 0.29) is 0 Å². The number of hydrogen-bond acceptors (Lipinski definition) is 4. The Morgan fingerprint density at radius 3 is 0.595 bits per heavy atom. The average molecular weight is 597 g/mol. The van der Waals surface area contributed by atoms with Gasteiger partial charge in [0, 0.05) is 48.3 Å². The third-order valence-electron chi connectivity index (χ3n) is 7.54. The van der Waals surface area contributed by atoms with Crippen molar-refractivity contribution in [2.24, 2.45) is 11.3 Å². The Kier molecular flexibility index (Phi) is 20.3. The van der Waals surface area contributed by atoms with E-state index in [0.29, 0.717) is 27.6 Å². The smallest absolute Gasteiger partial charge is 0.0126 e. The van der Waals surface area contributed by atoms with Crippen LogP contribution >= 0.6 is 0 Å². The molecule has 3 aliphatic heterocycles. The zero-order chi connectivity index (χ0) is 33.6. The molecule has 3 fully saturated rings. The van der Waals surface area contributed by atoms with Crippen molar-refractivity contribution in [1.29, 1.82) is 0 Å². The molecule has 3 heterocycles. The van der Waals surface area contributed by atoms with Gasteiger partial charge in [0.25, 0.3) is 0 Å². The molecule has 0 saturated carbocycles. The van der Waals surface area contributed by atoms with Crippen LogP contribution in [0.2, 0.25) is 0 Å². The lowest BCUT2D eigenvalue weighted by Gasteiger charge is -2.46. The monoisotopic (exact) mass is 597 g/mol. The SMILES string of the molecule is CC(C)(C)C.CC(C)(C)N1CCCC1.CC(C)(C)N1CCCCC1.CC(C)(C)N1CCN(C(C)(C)C)CC1.CC(C)C. The van der Waals surface area contributed by atoms with Gasteiger partial charge in [-0.3, -0.25) is 19.6 Å². The lowest BCUT2D eigenvalue weighted by Crippen LogP contribution is -2.57. The van der Waals surface area contributed by atoms with Gasteiger partial charge in [-0.1, -0.05) is 54.9 Å². The van der Waals surface area contributed by atoms with Crippen LogP contribution in [0.3, 0.4) is 0 Å². The van der Waals surface area contributed by atoms with E-state index in [1.165, 1.54) is 84.5 Å². The number of likely N-dealkylation sites (tertiary alicyclic amines) is 2. The molecule has 256 valence electrons. The van der Waals surface area contributed by atoms with Gasteiger partial charge in [-0.2, -0.15) is 0 Å². The van der Waals surface area contributed by atoms with Crippen LogP contribution < -0.4 is 0 Å². The molecule has 0 amide bonds. The highest BCUT2D eigenvalue weighted by Gasteiger charge is 2.30. The summed E-state index contributed by atoms with van der Waals surface area (Å²) in [6.45, 7) is 52.9. The maximum Gasteiger partial charge on any atom is 0.0126 e. The first kappa shape index (κ1) is 44.0. The van der Waals surface area contributed by atoms with Crippen molar-refractivity contribution < 1.29 is 0 Å². The molecule has 4 nitrogen and oxygen atoms in total. The summed E-state index contributed by atoms with van der Waals surface area (Å²) in [7, 11) is 0. The van der Waals surface area contributed by atoms with E-state index in [1.54, 1.807) is 0 Å². The predicted molar refractivity (Wildman–Crippen MR) is 194 cm³/mol. The fourth-order valence-corrected chi connectivity index (χ4v) is 5.00. The first-order valence-electron chi connectivity index (χ1n) is 17.7. The summed E-state index contributed by atoms with van der Waals surface area (Å²) in [5.74, 6) is 0.833. The van der Waals surface area contributed by atoms with Crippen LogP contribution in [0.1, 0.15) is 164 Å². The molecular weight excluding hydrogens is 512 g/mol. The molecular formula is C38H84N4. The second-order valence-corrected chi connectivity index (χ2v) is 19.1. The molecule has 0 aromatic rings. The maximum atomic E-state index is 2.58. The molecule has 0 aliphatic carbocycles. The Hall–Kier alpha value is -0.160. The molecule has 3 rings (SSSR count). The Bertz CT molecular complexity index is 598. The van der Waals surface area contributed by atoms with Crippen LogP contribution in [0.5, 0.6) is 0 Å². The lowest BCUT2D eigenvalue weighted by atomic mass is 10.0. The van der Waals surface area contributed by atoms with Crippen LogP contribution in [-0.4, -0.2) is 94.1 Å². The number of piperazine rings is 1. The van der Waals surface area contributed by atoms with Crippen LogP contribution in [-0.2, 0) is 0 Å². The first-order valence-corrected chi connectivity index (χ1v) is 17.7. The van der Waals surface area contributed by atoms with Crippen LogP contribution in [0, 0.1) is 11.3 Å². The van der Waals surface area contributed by atoms with E-state index < -0.39 is 0 Å². The molecule has 3 saturated heterocycles. The van der Waals surface area contributed by atoms with Crippen LogP contribution in [0.25, 0.3) is 0 Å². The minimum atomic E-state index is 0.337. The lowest BCUT2D eigenvalue weighted by molar-refractivity contribution is 0.0211. The van der Waals surface area contributed by atoms with Gasteiger partial charge in [0.2, 0.25) is 0 Å². The fourth-order valence-electron chi connectivity index (χ4n) is 5.00. The summed E-state index contributed by atoms with van der Waals surface area (Å²) in [5.41, 5.74) is 1.99. The molecule has 4 heteroatoms. The van der Waals surface area contributed by atoms with Crippen molar-refractivity contribution in [2.75, 3.05) is 52.4 Å². The Balaban J connectivity index is 0. The van der Waals surface area contributed by atoms with Crippen molar-refractivity contribution in [1.82, 2.24) is 19.6 Å². The van der Waals surface area contributed by atoms with Crippen molar-refractivity contribution >= 4 is 0 Å². The molecule has 0 aromatic heterocycles. The van der Waals surface area contributed by atoms with Crippen molar-refractivity contribution in [2.45, 2.75) is 186 Å². The highest BCUT2D eigenvalue weighted by Crippen LogP contribution is 2.21. The topological polar surface area (TPSA) is 13.0 Å². The third-order valence-corrected chi connectivity index (χ3v) is 7.54. The van der Waals surface area contributed by atoms with Gasteiger partial charge < -0.3 is 0 Å². The number of hydrogen-bond donors (Lipinski definition) is 0. The average Bonchev–Trinajstić information content (AvgIpc) is 3.33. The highest BCUT2D eigenvalue weighted by atomic mass is 15.3. The van der Waals surface area contributed by atoms with Crippen LogP contribution in [0.15, 0.2) is 0 Å². The normalized spacial score (nSPS) is 20.3. The summed E-state index contributed by atoms with van der Waals surface area (Å²) >= 11 is 0. The predicted octanol–water partition coefficient (Wildman–Crippen LogP) is 10.1. The Morgan fingerprint density at radius 1 is 0.310 bits per heavy atom. The van der Waals surface area contributed by atoms with Crippen molar-refractivity contribution in [3.8, 4) is 0 Å². The molecule has 3 aliphatic rings. The molecule has 0 radical (unpaired) electrons. The second kappa shape index (κ2) is 19.4. The standard InChI is InChI=1S/C12H26N2.C9H19N.C8H17N.C5H12.C4H10/c1-11(2,3)13-7-9-14(10-8-13)12(4,5)6;1-9(2,3)10-7-5-4-6-8-10;1-8(2,3)9-6-4-5-7-9;1-5(2,3)4;1-4(2)3/h7-10H2,1-6H3;4-8H2,1-3H3;4-7H2,1-3H3;1-4H3;4H,1-3H3. The Morgan fingerprint density at radius 2 is 0.452 bits per heavy atom. The van der Waals surface area contributed by atoms with E-state index in [9.17, 15) is 0 Å². The molecule has 0 aromatic carbocycles. The molecule has 0 bridgehead atoms. The summed E-state index contributed by atoms with van der Waals surface area (Å²) in [4.78, 5) is 10.3. The van der Waals surface area contributed by atoms with Crippen molar-refractivity contribution in [3.05, 3.63) is 0 Å². The van der Waals surface area contributed by atoms with E-state index in [0.717, 1.165) is 5.92 Å². The molecule has 42 heavy (non-hydrogen) atoms. The maximum absolute atomic E-state index is 2.58. The van der Waals surface area contributed by atoms with E-state index in [1.807, 2.05) is 0 Å². The minimum absolute atomic E-state index is 0.337. The number of rotatable bonds is 0. The van der Waals surface area contributed by atoms with Gasteiger partial charge >= 0.3 is 0 Å². The fraction of sp³-hybridized carbons (Fsp3) is 1.00. The van der Waals surface area contributed by atoms with Gasteiger partial charge in [-0.25, -0.2) is 0 Å². The van der Waals surface area contributed by atoms with Gasteiger partial charge in [-0.05, 0) is 146 Å². The summed E-state index contributed by atoms with van der Waals surface area (Å²) < 4.78 is 0. The first-order chi connectivity index (χ1) is 18.7. The quantitative estimate of drug-likeness (QED) is 0.276. The zero-order valence-corrected chi connectivity index (χ0v) is 33.1.